The standard InChI is InChI=1S/C19H18ClN3O4S2/c20-15-5-2-1-4-13(15)11-22-9-7-17(14(12-22)10-18(24)25)28-29-19-16(23(26)27)6-3-8-21-19/h1-6,8,10,17H,7,9,11-12H2,(H,24,25)/b14-10-. The molecular weight excluding hydrogens is 434 g/mol. The third-order valence-corrected chi connectivity index (χ3v) is 7.55. The van der Waals surface area contributed by atoms with E-state index in [-0.39, 0.29) is 10.9 Å². The molecule has 1 saturated heterocycles. The molecule has 1 aliphatic heterocycles. The van der Waals surface area contributed by atoms with Crippen LogP contribution in [0.25, 0.3) is 0 Å². The van der Waals surface area contributed by atoms with Crippen LogP contribution in [-0.2, 0) is 11.3 Å². The van der Waals surface area contributed by atoms with Gasteiger partial charge in [0.1, 0.15) is 0 Å². The Balaban J connectivity index is 1.69. The number of carboxylic acids is 1. The fraction of sp³-hybridized carbons (Fsp3) is 0.263. The monoisotopic (exact) mass is 451 g/mol. The average molecular weight is 452 g/mol. The van der Waals surface area contributed by atoms with Gasteiger partial charge >= 0.3 is 11.7 Å². The molecular formula is C19H18ClN3O4S2. The van der Waals surface area contributed by atoms with E-state index < -0.39 is 10.9 Å². The lowest BCUT2D eigenvalue weighted by Crippen LogP contribution is -2.36. The van der Waals surface area contributed by atoms with Crippen LogP contribution in [0.4, 0.5) is 5.69 Å². The first-order chi connectivity index (χ1) is 13.9. The maximum atomic E-state index is 11.3. The van der Waals surface area contributed by atoms with Crippen molar-refractivity contribution in [3.05, 3.63) is 74.9 Å². The van der Waals surface area contributed by atoms with Crippen LogP contribution in [0.5, 0.6) is 0 Å². The number of likely N-dealkylation sites (tertiary alicyclic amines) is 1. The second-order valence-corrected chi connectivity index (χ2v) is 9.20. The Labute approximate surface area is 180 Å². The molecule has 0 saturated carbocycles. The van der Waals surface area contributed by atoms with E-state index in [2.05, 4.69) is 9.88 Å². The van der Waals surface area contributed by atoms with E-state index >= 15 is 0 Å². The van der Waals surface area contributed by atoms with E-state index in [0.717, 1.165) is 24.1 Å². The van der Waals surface area contributed by atoms with E-state index in [1.165, 1.54) is 46.0 Å². The number of rotatable bonds is 7. The van der Waals surface area contributed by atoms with Gasteiger partial charge in [-0.15, -0.1) is 0 Å². The molecule has 10 heteroatoms. The minimum atomic E-state index is -1.00. The van der Waals surface area contributed by atoms with Crippen molar-refractivity contribution in [2.45, 2.75) is 23.2 Å². The molecule has 1 fully saturated rings. The van der Waals surface area contributed by atoms with E-state index in [1.807, 2.05) is 24.3 Å². The van der Waals surface area contributed by atoms with Gasteiger partial charge in [0.2, 0.25) is 0 Å². The van der Waals surface area contributed by atoms with Gasteiger partial charge in [0, 0.05) is 48.2 Å². The zero-order valence-corrected chi connectivity index (χ0v) is 17.6. The number of piperidine rings is 1. The molecule has 1 aliphatic rings. The molecule has 7 nitrogen and oxygen atoms in total. The van der Waals surface area contributed by atoms with Crippen molar-refractivity contribution in [3.63, 3.8) is 0 Å². The second-order valence-electron chi connectivity index (χ2n) is 6.40. The first kappa shape index (κ1) is 21.6. The van der Waals surface area contributed by atoms with Crippen molar-refractivity contribution in [3.8, 4) is 0 Å². The summed E-state index contributed by atoms with van der Waals surface area (Å²) >= 11 is 6.25. The molecule has 152 valence electrons. The number of benzene rings is 1. The van der Waals surface area contributed by atoms with Crippen LogP contribution in [-0.4, -0.2) is 44.2 Å². The molecule has 0 amide bonds. The van der Waals surface area contributed by atoms with Gasteiger partial charge in [-0.2, -0.15) is 0 Å². The lowest BCUT2D eigenvalue weighted by Gasteiger charge is -2.33. The zero-order chi connectivity index (χ0) is 20.8. The molecule has 1 N–H and O–H groups in total. The van der Waals surface area contributed by atoms with Gasteiger partial charge in [0.15, 0.2) is 5.03 Å². The molecule has 3 rings (SSSR count). The molecule has 2 heterocycles. The summed E-state index contributed by atoms with van der Waals surface area (Å²) in [6.45, 7) is 1.90. The fourth-order valence-corrected chi connectivity index (χ4v) is 5.89. The molecule has 1 unspecified atom stereocenters. The molecule has 0 aliphatic carbocycles. The third-order valence-electron chi connectivity index (χ3n) is 4.38. The van der Waals surface area contributed by atoms with Crippen molar-refractivity contribution in [1.82, 2.24) is 9.88 Å². The zero-order valence-electron chi connectivity index (χ0n) is 15.2. The largest absolute Gasteiger partial charge is 0.478 e. The van der Waals surface area contributed by atoms with Gasteiger partial charge < -0.3 is 5.11 Å². The van der Waals surface area contributed by atoms with Crippen LogP contribution in [0.3, 0.4) is 0 Å². The Kier molecular flexibility index (Phi) is 7.54. The van der Waals surface area contributed by atoms with Crippen LogP contribution >= 0.6 is 33.2 Å². The van der Waals surface area contributed by atoms with Crippen LogP contribution < -0.4 is 0 Å². The molecule has 0 bridgehead atoms. The number of nitrogens with zero attached hydrogens (tertiary/aromatic N) is 3. The van der Waals surface area contributed by atoms with Crippen LogP contribution in [0.2, 0.25) is 5.02 Å². The van der Waals surface area contributed by atoms with Crippen LogP contribution in [0.15, 0.2) is 59.3 Å². The first-order valence-corrected chi connectivity index (χ1v) is 11.3. The number of nitro groups is 1. The smallest absolute Gasteiger partial charge is 0.328 e. The summed E-state index contributed by atoms with van der Waals surface area (Å²) in [6.07, 6.45) is 3.47. The van der Waals surface area contributed by atoms with Crippen molar-refractivity contribution in [2.75, 3.05) is 13.1 Å². The minimum absolute atomic E-state index is 0.0510. The highest BCUT2D eigenvalue weighted by Gasteiger charge is 2.27. The van der Waals surface area contributed by atoms with Gasteiger partial charge in [-0.05, 0) is 40.5 Å². The van der Waals surface area contributed by atoms with E-state index in [9.17, 15) is 20.0 Å². The topological polar surface area (TPSA) is 96.6 Å². The Hall–Kier alpha value is -2.07. The number of hydrogen-bond donors (Lipinski definition) is 1. The van der Waals surface area contributed by atoms with Crippen LogP contribution in [0.1, 0.15) is 12.0 Å². The van der Waals surface area contributed by atoms with Gasteiger partial charge in [0.05, 0.1) is 4.92 Å². The summed E-state index contributed by atoms with van der Waals surface area (Å²) in [4.78, 5) is 28.3. The quantitative estimate of drug-likeness (QED) is 0.281. The molecule has 2 aromatic rings. The lowest BCUT2D eigenvalue weighted by atomic mass is 10.0. The van der Waals surface area contributed by atoms with Gasteiger partial charge in [-0.3, -0.25) is 15.0 Å². The van der Waals surface area contributed by atoms with Crippen molar-refractivity contribution >= 4 is 44.8 Å². The van der Waals surface area contributed by atoms with Gasteiger partial charge in [-0.1, -0.05) is 40.6 Å². The van der Waals surface area contributed by atoms with Gasteiger partial charge in [-0.25, -0.2) is 9.78 Å². The Morgan fingerprint density at radius 2 is 2.17 bits per heavy atom. The SMILES string of the molecule is O=C(O)/C=C1/CN(Cc2ccccc2Cl)CCC1SSc1ncccc1[N+](=O)[O-]. The number of pyridine rings is 1. The lowest BCUT2D eigenvalue weighted by molar-refractivity contribution is -0.388. The van der Waals surface area contributed by atoms with E-state index in [1.54, 1.807) is 0 Å². The summed E-state index contributed by atoms with van der Waals surface area (Å²) in [6, 6.07) is 10.5. The summed E-state index contributed by atoms with van der Waals surface area (Å²) in [5.41, 5.74) is 1.71. The van der Waals surface area contributed by atoms with Crippen LogP contribution in [0, 0.1) is 10.1 Å². The summed E-state index contributed by atoms with van der Waals surface area (Å²) in [7, 11) is 2.62. The number of halogens is 1. The molecule has 1 aromatic heterocycles. The van der Waals surface area contributed by atoms with Crippen molar-refractivity contribution in [1.29, 1.82) is 0 Å². The second kappa shape index (κ2) is 10.1. The van der Waals surface area contributed by atoms with Crippen molar-refractivity contribution in [2.24, 2.45) is 0 Å². The average Bonchev–Trinajstić information content (AvgIpc) is 2.69. The third kappa shape index (κ3) is 5.96. The predicted molar refractivity (Wildman–Crippen MR) is 115 cm³/mol. The van der Waals surface area contributed by atoms with Crippen molar-refractivity contribution < 1.29 is 14.8 Å². The molecule has 29 heavy (non-hydrogen) atoms. The number of carboxylic acid groups (broad SMARTS) is 1. The highest BCUT2D eigenvalue weighted by molar-refractivity contribution is 8.77. The molecule has 0 radical (unpaired) electrons. The Bertz CT molecular complexity index is 941. The molecule has 1 atom stereocenters. The predicted octanol–water partition coefficient (Wildman–Crippen LogP) is 4.67. The maximum Gasteiger partial charge on any atom is 0.328 e. The Morgan fingerprint density at radius 1 is 1.38 bits per heavy atom. The highest BCUT2D eigenvalue weighted by Crippen LogP contribution is 2.42. The minimum Gasteiger partial charge on any atom is -0.478 e. The highest BCUT2D eigenvalue weighted by atomic mass is 35.5. The van der Waals surface area contributed by atoms with Gasteiger partial charge in [0.25, 0.3) is 0 Å². The molecule has 0 spiro atoms. The summed E-state index contributed by atoms with van der Waals surface area (Å²) < 4.78 is 0. The molecule has 1 aromatic carbocycles. The maximum absolute atomic E-state index is 11.3. The summed E-state index contributed by atoms with van der Waals surface area (Å²) in [5, 5.41) is 21.4. The number of aromatic nitrogens is 1. The normalized spacial score (nSPS) is 18.7. The number of hydrogen-bond acceptors (Lipinski definition) is 7. The van der Waals surface area contributed by atoms with E-state index in [0.29, 0.717) is 23.1 Å². The van der Waals surface area contributed by atoms with E-state index in [4.69, 9.17) is 11.6 Å². The number of carbonyl (C=O) groups is 1. The summed E-state index contributed by atoms with van der Waals surface area (Å²) in [5.74, 6) is -1.00. The number of aliphatic carboxylic acids is 1. The first-order valence-electron chi connectivity index (χ1n) is 8.76. The fourth-order valence-electron chi connectivity index (χ4n) is 3.02. The Morgan fingerprint density at radius 3 is 2.90 bits per heavy atom.